The first-order chi connectivity index (χ1) is 18.0. The van der Waals surface area contributed by atoms with E-state index in [-0.39, 0.29) is 22.3 Å². The second kappa shape index (κ2) is 10.8. The number of benzene rings is 1. The lowest BCUT2D eigenvalue weighted by atomic mass is 9.92. The topological polar surface area (TPSA) is 127 Å². The fraction of sp³-hybridized carbons (Fsp3) is 0.269. The Morgan fingerprint density at radius 1 is 1.18 bits per heavy atom. The van der Waals surface area contributed by atoms with Crippen molar-refractivity contribution >= 4 is 52.1 Å². The Morgan fingerprint density at radius 2 is 1.87 bits per heavy atom. The summed E-state index contributed by atoms with van der Waals surface area (Å²) in [6.45, 7) is 3.87. The highest BCUT2D eigenvalue weighted by Crippen LogP contribution is 2.42. The van der Waals surface area contributed by atoms with E-state index in [1.54, 1.807) is 35.4 Å². The number of ether oxygens (including phenoxy) is 1. The van der Waals surface area contributed by atoms with Crippen molar-refractivity contribution in [3.05, 3.63) is 80.0 Å². The minimum atomic E-state index is -0.815. The van der Waals surface area contributed by atoms with Gasteiger partial charge in [0.1, 0.15) is 17.1 Å². The summed E-state index contributed by atoms with van der Waals surface area (Å²) in [5.74, 6) is -0.0626. The maximum absolute atomic E-state index is 13.6. The first-order valence-corrected chi connectivity index (χ1v) is 12.4. The fourth-order valence-corrected chi connectivity index (χ4v) is 4.50. The highest BCUT2D eigenvalue weighted by molar-refractivity contribution is 6.52. The highest BCUT2D eigenvalue weighted by atomic mass is 35.5. The molecule has 1 fully saturated rings. The fourth-order valence-electron chi connectivity index (χ4n) is 4.22. The van der Waals surface area contributed by atoms with Gasteiger partial charge in [-0.1, -0.05) is 49.2 Å². The minimum Gasteiger partial charge on any atom is -0.479 e. The van der Waals surface area contributed by atoms with Crippen molar-refractivity contribution in [1.29, 1.82) is 5.41 Å². The zero-order valence-corrected chi connectivity index (χ0v) is 23.0. The van der Waals surface area contributed by atoms with Crippen LogP contribution in [0, 0.1) is 11.3 Å². The number of aromatic nitrogens is 3. The molecule has 198 valence electrons. The number of amides is 1. The Hall–Kier alpha value is -3.89. The van der Waals surface area contributed by atoms with E-state index < -0.39 is 17.5 Å². The van der Waals surface area contributed by atoms with Gasteiger partial charge in [0.2, 0.25) is 11.8 Å². The van der Waals surface area contributed by atoms with Gasteiger partial charge in [-0.3, -0.25) is 19.9 Å². The van der Waals surface area contributed by atoms with Crippen molar-refractivity contribution in [3.63, 3.8) is 0 Å². The van der Waals surface area contributed by atoms with E-state index in [2.05, 4.69) is 20.3 Å². The van der Waals surface area contributed by atoms with Crippen LogP contribution >= 0.6 is 23.2 Å². The van der Waals surface area contributed by atoms with Gasteiger partial charge in [0, 0.05) is 36.6 Å². The van der Waals surface area contributed by atoms with Gasteiger partial charge < -0.3 is 19.9 Å². The van der Waals surface area contributed by atoms with Gasteiger partial charge in [0.05, 0.1) is 24.4 Å². The molecule has 1 aliphatic rings. The smallest absolute Gasteiger partial charge is 0.277 e. The molecule has 1 saturated heterocycles. The molecule has 1 amide bonds. The number of halogens is 2. The van der Waals surface area contributed by atoms with Crippen LogP contribution in [0.1, 0.15) is 25.5 Å². The SMILES string of the molecule is COc1nc(N(C)C)ncc1N/C(=C1\C(=N)C(=O)N(c2cc(Cl)c[nH]c2=O)[C@@H]1c1ccc(Cl)cc1)C(C)C. The summed E-state index contributed by atoms with van der Waals surface area (Å²) in [6.07, 6.45) is 2.93. The van der Waals surface area contributed by atoms with E-state index in [4.69, 9.17) is 33.3 Å². The minimum absolute atomic E-state index is 0.0292. The Balaban J connectivity index is 1.96. The second-order valence-corrected chi connectivity index (χ2v) is 10.0. The van der Waals surface area contributed by atoms with Crippen LogP contribution in [0.3, 0.4) is 0 Å². The maximum Gasteiger partial charge on any atom is 0.277 e. The number of pyridine rings is 1. The van der Waals surface area contributed by atoms with Gasteiger partial charge >= 0.3 is 0 Å². The van der Waals surface area contributed by atoms with Crippen LogP contribution in [0.25, 0.3) is 0 Å². The molecule has 38 heavy (non-hydrogen) atoms. The zero-order chi connectivity index (χ0) is 27.7. The molecule has 3 N–H and O–H groups in total. The molecule has 3 aromatic rings. The highest BCUT2D eigenvalue weighted by Gasteiger charge is 2.45. The Kier molecular flexibility index (Phi) is 7.75. The molecule has 0 radical (unpaired) electrons. The molecular weight excluding hydrogens is 529 g/mol. The van der Waals surface area contributed by atoms with E-state index in [1.165, 1.54) is 24.3 Å². The lowest BCUT2D eigenvalue weighted by molar-refractivity contribution is -0.112. The van der Waals surface area contributed by atoms with Crippen LogP contribution in [0.4, 0.5) is 17.3 Å². The largest absolute Gasteiger partial charge is 0.479 e. The molecule has 12 heteroatoms. The van der Waals surface area contributed by atoms with E-state index >= 15 is 0 Å². The predicted octanol–water partition coefficient (Wildman–Crippen LogP) is 4.68. The van der Waals surface area contributed by atoms with Crippen molar-refractivity contribution in [1.82, 2.24) is 15.0 Å². The molecule has 4 rings (SSSR count). The third kappa shape index (κ3) is 5.09. The predicted molar refractivity (Wildman–Crippen MR) is 150 cm³/mol. The van der Waals surface area contributed by atoms with Gasteiger partial charge in [-0.15, -0.1) is 0 Å². The number of rotatable bonds is 7. The number of H-pyrrole nitrogens is 1. The molecule has 0 bridgehead atoms. The lowest BCUT2D eigenvalue weighted by Gasteiger charge is -2.27. The number of aromatic amines is 1. The van der Waals surface area contributed by atoms with Crippen LogP contribution in [0.15, 0.2) is 58.8 Å². The second-order valence-electron chi connectivity index (χ2n) is 9.13. The molecule has 1 aliphatic heterocycles. The Bertz CT molecular complexity index is 1480. The van der Waals surface area contributed by atoms with Gasteiger partial charge in [-0.2, -0.15) is 4.98 Å². The van der Waals surface area contributed by atoms with E-state index in [1.807, 2.05) is 27.9 Å². The molecule has 0 spiro atoms. The zero-order valence-electron chi connectivity index (χ0n) is 21.5. The van der Waals surface area contributed by atoms with E-state index in [9.17, 15) is 9.59 Å². The normalized spacial score (nSPS) is 16.7. The molecule has 0 aliphatic carbocycles. The number of methoxy groups -OCH3 is 1. The number of nitrogens with one attached hydrogen (secondary N) is 3. The first-order valence-electron chi connectivity index (χ1n) is 11.7. The number of hydrogen-bond donors (Lipinski definition) is 3. The number of carbonyl (C=O) groups excluding carboxylic acids is 1. The summed E-state index contributed by atoms with van der Waals surface area (Å²) in [5.41, 5.74) is 1.35. The summed E-state index contributed by atoms with van der Waals surface area (Å²) < 4.78 is 5.50. The van der Waals surface area contributed by atoms with Gasteiger partial charge in [-0.25, -0.2) is 4.98 Å². The number of allylic oxidation sites excluding steroid dienone is 1. The molecular formula is C26H27Cl2N7O3. The molecule has 2 aromatic heterocycles. The van der Waals surface area contributed by atoms with Crippen LogP contribution < -0.4 is 25.4 Å². The summed E-state index contributed by atoms with van der Waals surface area (Å²) >= 11 is 12.3. The number of nitrogens with zero attached hydrogens (tertiary/aromatic N) is 4. The summed E-state index contributed by atoms with van der Waals surface area (Å²) in [4.78, 5) is 40.9. The average molecular weight is 556 g/mol. The monoisotopic (exact) mass is 555 g/mol. The van der Waals surface area contributed by atoms with Crippen molar-refractivity contribution in [2.24, 2.45) is 5.92 Å². The average Bonchev–Trinajstić information content (AvgIpc) is 3.14. The van der Waals surface area contributed by atoms with Crippen LogP contribution in [0.5, 0.6) is 5.88 Å². The molecule has 1 aromatic carbocycles. The van der Waals surface area contributed by atoms with Crippen LogP contribution in [-0.2, 0) is 4.79 Å². The van der Waals surface area contributed by atoms with Gasteiger partial charge in [0.15, 0.2) is 0 Å². The molecule has 10 nitrogen and oxygen atoms in total. The van der Waals surface area contributed by atoms with Crippen LogP contribution in [-0.4, -0.2) is 47.8 Å². The quantitative estimate of drug-likeness (QED) is 0.386. The van der Waals surface area contributed by atoms with Gasteiger partial charge in [0.25, 0.3) is 11.5 Å². The number of anilines is 3. The molecule has 1 atom stereocenters. The Morgan fingerprint density at radius 3 is 2.47 bits per heavy atom. The third-order valence-corrected chi connectivity index (χ3v) is 6.47. The molecule has 3 heterocycles. The molecule has 0 unspecified atom stereocenters. The summed E-state index contributed by atoms with van der Waals surface area (Å²) in [7, 11) is 5.13. The van der Waals surface area contributed by atoms with Crippen LogP contribution in [0.2, 0.25) is 10.0 Å². The van der Waals surface area contributed by atoms with Crippen molar-refractivity contribution in [2.75, 3.05) is 36.3 Å². The Labute approximate surface area is 229 Å². The molecule has 0 saturated carbocycles. The van der Waals surface area contributed by atoms with Crippen molar-refractivity contribution in [2.45, 2.75) is 19.9 Å². The van der Waals surface area contributed by atoms with E-state index in [0.29, 0.717) is 39.4 Å². The standard InChI is InChI=1S/C26H27Cl2N7O3/c1-13(2)21(32-17-12-31-26(34(3)4)33-24(17)38-5)19-20(29)25(37)35(18-10-16(28)11-30-23(18)36)22(19)14-6-8-15(27)9-7-14/h6-13,22,29,32H,1-5H3,(H,30,36)/b21-19+,29-20?/t22-/m1/s1. The van der Waals surface area contributed by atoms with Crippen molar-refractivity contribution < 1.29 is 9.53 Å². The summed E-state index contributed by atoms with van der Waals surface area (Å²) in [5, 5.41) is 13.0. The lowest BCUT2D eigenvalue weighted by Crippen LogP contribution is -2.33. The third-order valence-electron chi connectivity index (χ3n) is 6.00. The number of hydrogen-bond acceptors (Lipinski definition) is 8. The van der Waals surface area contributed by atoms with Gasteiger partial charge in [-0.05, 0) is 29.7 Å². The van der Waals surface area contributed by atoms with Crippen molar-refractivity contribution in [3.8, 4) is 5.88 Å². The number of carbonyl (C=O) groups is 1. The first kappa shape index (κ1) is 27.2. The maximum atomic E-state index is 13.6. The van der Waals surface area contributed by atoms with E-state index in [0.717, 1.165) is 0 Å². The summed E-state index contributed by atoms with van der Waals surface area (Å²) in [6, 6.07) is 7.51.